The molecule has 0 unspecified atom stereocenters. The normalized spacial score (nSPS) is 10.9. The molecule has 150 valence electrons. The van der Waals surface area contributed by atoms with Crippen molar-refractivity contribution in [2.24, 2.45) is 0 Å². The lowest BCUT2D eigenvalue weighted by molar-refractivity contribution is -0.113. The highest BCUT2D eigenvalue weighted by Gasteiger charge is 2.16. The summed E-state index contributed by atoms with van der Waals surface area (Å²) in [5.74, 6) is -0.0831. The zero-order chi connectivity index (χ0) is 21.1. The zero-order valence-electron chi connectivity index (χ0n) is 16.1. The highest BCUT2D eigenvalue weighted by atomic mass is 35.5. The average molecular weight is 436 g/mol. The van der Waals surface area contributed by atoms with Gasteiger partial charge in [0.1, 0.15) is 0 Å². The SMILES string of the molecule is Cc1ccc(NC(=O)CSc2nc3ccccc3c(=O)n2-c2ccccc2Cl)cc1. The van der Waals surface area contributed by atoms with E-state index in [9.17, 15) is 9.59 Å². The van der Waals surface area contributed by atoms with Crippen molar-refractivity contribution in [1.29, 1.82) is 0 Å². The molecule has 5 nitrogen and oxygen atoms in total. The van der Waals surface area contributed by atoms with Crippen molar-refractivity contribution in [3.05, 3.63) is 93.7 Å². The number of aromatic nitrogens is 2. The molecule has 1 amide bonds. The molecule has 0 radical (unpaired) electrons. The number of hydrogen-bond donors (Lipinski definition) is 1. The molecule has 0 fully saturated rings. The van der Waals surface area contributed by atoms with Crippen molar-refractivity contribution >= 4 is 45.9 Å². The van der Waals surface area contributed by atoms with E-state index in [1.165, 1.54) is 16.3 Å². The van der Waals surface area contributed by atoms with Crippen LogP contribution >= 0.6 is 23.4 Å². The Labute approximate surface area is 182 Å². The minimum atomic E-state index is -0.227. The first-order valence-electron chi connectivity index (χ1n) is 9.29. The van der Waals surface area contributed by atoms with E-state index in [1.807, 2.05) is 37.3 Å². The molecule has 0 aliphatic heterocycles. The highest BCUT2D eigenvalue weighted by Crippen LogP contribution is 2.25. The minimum absolute atomic E-state index is 0.100. The van der Waals surface area contributed by atoms with E-state index in [1.54, 1.807) is 42.5 Å². The van der Waals surface area contributed by atoms with Gasteiger partial charge in [0.05, 0.1) is 27.4 Å². The minimum Gasteiger partial charge on any atom is -0.325 e. The number of fused-ring (bicyclic) bond motifs is 1. The van der Waals surface area contributed by atoms with Crippen LogP contribution in [0.4, 0.5) is 5.69 Å². The summed E-state index contributed by atoms with van der Waals surface area (Å²) in [5.41, 5.74) is 2.72. The van der Waals surface area contributed by atoms with Gasteiger partial charge < -0.3 is 5.32 Å². The van der Waals surface area contributed by atoms with Gasteiger partial charge in [-0.25, -0.2) is 4.98 Å². The average Bonchev–Trinajstić information content (AvgIpc) is 2.75. The maximum atomic E-state index is 13.2. The molecule has 30 heavy (non-hydrogen) atoms. The van der Waals surface area contributed by atoms with Crippen LogP contribution in [0.5, 0.6) is 0 Å². The van der Waals surface area contributed by atoms with E-state index in [2.05, 4.69) is 10.3 Å². The molecule has 7 heteroatoms. The molecular formula is C23H18ClN3O2S. The first-order chi connectivity index (χ1) is 14.5. The lowest BCUT2D eigenvalue weighted by atomic mass is 10.2. The van der Waals surface area contributed by atoms with E-state index in [-0.39, 0.29) is 17.2 Å². The summed E-state index contributed by atoms with van der Waals surface area (Å²) < 4.78 is 1.47. The number of para-hydroxylation sites is 2. The second-order valence-electron chi connectivity index (χ2n) is 6.71. The molecule has 0 saturated carbocycles. The fraction of sp³-hybridized carbons (Fsp3) is 0.0870. The molecule has 0 saturated heterocycles. The van der Waals surface area contributed by atoms with E-state index >= 15 is 0 Å². The van der Waals surface area contributed by atoms with Crippen molar-refractivity contribution in [1.82, 2.24) is 9.55 Å². The fourth-order valence-corrected chi connectivity index (χ4v) is 4.04. The Bertz CT molecular complexity index is 1290. The van der Waals surface area contributed by atoms with Crippen LogP contribution in [0.2, 0.25) is 5.02 Å². The number of aryl methyl sites for hydroxylation is 1. The number of thioether (sulfide) groups is 1. The van der Waals surface area contributed by atoms with Crippen LogP contribution in [-0.2, 0) is 4.79 Å². The van der Waals surface area contributed by atoms with Gasteiger partial charge in [0.15, 0.2) is 5.16 Å². The van der Waals surface area contributed by atoms with Crippen LogP contribution in [0.1, 0.15) is 5.56 Å². The fourth-order valence-electron chi connectivity index (χ4n) is 3.02. The van der Waals surface area contributed by atoms with Crippen molar-refractivity contribution < 1.29 is 4.79 Å². The number of nitrogens with one attached hydrogen (secondary N) is 1. The molecule has 1 N–H and O–H groups in total. The maximum Gasteiger partial charge on any atom is 0.266 e. The van der Waals surface area contributed by atoms with Crippen molar-refractivity contribution in [3.8, 4) is 5.69 Å². The van der Waals surface area contributed by atoms with Gasteiger partial charge in [-0.3, -0.25) is 14.2 Å². The van der Waals surface area contributed by atoms with Crippen molar-refractivity contribution in [2.45, 2.75) is 12.1 Å². The molecule has 0 aliphatic carbocycles. The summed E-state index contributed by atoms with van der Waals surface area (Å²) in [6.07, 6.45) is 0. The third kappa shape index (κ3) is 4.25. The van der Waals surface area contributed by atoms with Gasteiger partial charge in [-0.15, -0.1) is 0 Å². The van der Waals surface area contributed by atoms with Gasteiger partial charge in [0, 0.05) is 5.69 Å². The van der Waals surface area contributed by atoms with Crippen LogP contribution in [-0.4, -0.2) is 21.2 Å². The maximum absolute atomic E-state index is 13.2. The smallest absolute Gasteiger partial charge is 0.266 e. The Hall–Kier alpha value is -3.09. The molecule has 0 bridgehead atoms. The van der Waals surface area contributed by atoms with Crippen molar-refractivity contribution in [3.63, 3.8) is 0 Å². The molecule has 3 aromatic carbocycles. The quantitative estimate of drug-likeness (QED) is 0.351. The van der Waals surface area contributed by atoms with Gasteiger partial charge in [-0.05, 0) is 43.3 Å². The molecule has 0 aliphatic rings. The Kier molecular flexibility index (Phi) is 5.88. The van der Waals surface area contributed by atoms with Crippen LogP contribution in [0, 0.1) is 6.92 Å². The Morgan fingerprint density at radius 2 is 1.73 bits per heavy atom. The summed E-state index contributed by atoms with van der Waals surface area (Å²) in [4.78, 5) is 30.3. The van der Waals surface area contributed by atoms with Gasteiger partial charge in [0.2, 0.25) is 5.91 Å². The molecule has 4 aromatic rings. The summed E-state index contributed by atoms with van der Waals surface area (Å²) in [5, 5.41) is 4.19. The largest absolute Gasteiger partial charge is 0.325 e. The topological polar surface area (TPSA) is 64.0 Å². The molecule has 1 heterocycles. The molecule has 0 atom stereocenters. The monoisotopic (exact) mass is 435 g/mol. The highest BCUT2D eigenvalue weighted by molar-refractivity contribution is 7.99. The summed E-state index contributed by atoms with van der Waals surface area (Å²) >= 11 is 7.55. The first-order valence-corrected chi connectivity index (χ1v) is 10.7. The number of rotatable bonds is 5. The zero-order valence-corrected chi connectivity index (χ0v) is 17.7. The third-order valence-electron chi connectivity index (χ3n) is 4.51. The number of halogens is 1. The van der Waals surface area contributed by atoms with E-state index < -0.39 is 0 Å². The summed E-state index contributed by atoms with van der Waals surface area (Å²) in [6, 6.07) is 21.8. The Morgan fingerprint density at radius 1 is 1.03 bits per heavy atom. The Balaban J connectivity index is 1.68. The molecule has 0 spiro atoms. The number of hydrogen-bond acceptors (Lipinski definition) is 4. The predicted octanol–water partition coefficient (Wildman–Crippen LogP) is 5.08. The lowest BCUT2D eigenvalue weighted by Gasteiger charge is -2.14. The van der Waals surface area contributed by atoms with Crippen molar-refractivity contribution in [2.75, 3.05) is 11.1 Å². The number of amides is 1. The number of anilines is 1. The van der Waals surface area contributed by atoms with E-state index in [4.69, 9.17) is 11.6 Å². The second-order valence-corrected chi connectivity index (χ2v) is 8.06. The molecule has 1 aromatic heterocycles. The number of benzene rings is 3. The summed E-state index contributed by atoms with van der Waals surface area (Å²) in [7, 11) is 0. The standard InChI is InChI=1S/C23H18ClN3O2S/c1-15-10-12-16(13-11-15)25-21(28)14-30-23-26-19-8-4-2-6-17(19)22(29)27(23)20-9-5-3-7-18(20)24/h2-13H,14H2,1H3,(H,25,28). The number of carbonyl (C=O) groups is 1. The van der Waals surface area contributed by atoms with Gasteiger partial charge in [0.25, 0.3) is 5.56 Å². The van der Waals surface area contributed by atoms with Crippen LogP contribution < -0.4 is 10.9 Å². The van der Waals surface area contributed by atoms with Gasteiger partial charge in [-0.2, -0.15) is 0 Å². The van der Waals surface area contributed by atoms with Crippen LogP contribution in [0.3, 0.4) is 0 Å². The second kappa shape index (κ2) is 8.73. The third-order valence-corrected chi connectivity index (χ3v) is 5.76. The lowest BCUT2D eigenvalue weighted by Crippen LogP contribution is -2.23. The number of nitrogens with zero attached hydrogens (tertiary/aromatic N) is 2. The van der Waals surface area contributed by atoms with E-state index in [0.29, 0.717) is 26.8 Å². The predicted molar refractivity (Wildman–Crippen MR) is 123 cm³/mol. The molecular weight excluding hydrogens is 418 g/mol. The van der Waals surface area contributed by atoms with E-state index in [0.717, 1.165) is 11.3 Å². The van der Waals surface area contributed by atoms with Gasteiger partial charge >= 0.3 is 0 Å². The molecule has 4 rings (SSSR count). The van der Waals surface area contributed by atoms with Crippen LogP contribution in [0.25, 0.3) is 16.6 Å². The van der Waals surface area contributed by atoms with Crippen LogP contribution in [0.15, 0.2) is 82.7 Å². The number of carbonyl (C=O) groups excluding carboxylic acids is 1. The summed E-state index contributed by atoms with van der Waals surface area (Å²) in [6.45, 7) is 1.99. The Morgan fingerprint density at radius 3 is 2.50 bits per heavy atom. The first kappa shape index (κ1) is 20.2. The van der Waals surface area contributed by atoms with Gasteiger partial charge in [-0.1, -0.05) is 65.3 Å².